The molecule has 1 amide bonds. The number of carbonyl (C=O) groups excluding carboxylic acids is 1. The molecule has 0 aliphatic rings. The summed E-state index contributed by atoms with van der Waals surface area (Å²) < 4.78 is 1.77. The lowest BCUT2D eigenvalue weighted by Crippen LogP contribution is -2.28. The highest BCUT2D eigenvalue weighted by atomic mass is 32.2. The Morgan fingerprint density at radius 1 is 1.40 bits per heavy atom. The molecule has 0 saturated carbocycles. The predicted octanol–water partition coefficient (Wildman–Crippen LogP) is 0.926. The minimum atomic E-state index is -0.906. The number of aryl methyl sites for hydroxylation is 1. The van der Waals surface area contributed by atoms with Gasteiger partial charge in [0.05, 0.1) is 5.75 Å². The Morgan fingerprint density at radius 3 is 2.70 bits per heavy atom. The van der Waals surface area contributed by atoms with E-state index < -0.39 is 5.97 Å². The molecule has 1 aromatic heterocycles. The van der Waals surface area contributed by atoms with Gasteiger partial charge in [-0.05, 0) is 12.8 Å². The van der Waals surface area contributed by atoms with Gasteiger partial charge in [0.1, 0.15) is 5.82 Å². The molecule has 8 heteroatoms. The second-order valence-corrected chi connectivity index (χ2v) is 5.75. The van der Waals surface area contributed by atoms with Crippen LogP contribution in [0.25, 0.3) is 0 Å². The molecule has 0 atom stereocenters. The van der Waals surface area contributed by atoms with Crippen molar-refractivity contribution in [1.29, 1.82) is 0 Å². The molecule has 7 nitrogen and oxygen atoms in total. The van der Waals surface area contributed by atoms with Crippen LogP contribution in [0.15, 0.2) is 5.16 Å². The third kappa shape index (κ3) is 5.60. The number of hydrogen-bond donors (Lipinski definition) is 2. The van der Waals surface area contributed by atoms with Gasteiger partial charge in [-0.3, -0.25) is 9.59 Å². The van der Waals surface area contributed by atoms with Gasteiger partial charge in [-0.2, -0.15) is 0 Å². The average molecular weight is 300 g/mol. The number of rotatable bonds is 8. The summed E-state index contributed by atoms with van der Waals surface area (Å²) in [7, 11) is 0. The van der Waals surface area contributed by atoms with Gasteiger partial charge in [-0.1, -0.05) is 25.6 Å². The molecule has 0 saturated heterocycles. The van der Waals surface area contributed by atoms with Crippen LogP contribution < -0.4 is 5.32 Å². The summed E-state index contributed by atoms with van der Waals surface area (Å²) in [5.74, 6) is 0.0854. The molecule has 0 unspecified atom stereocenters. The number of carboxylic acids is 1. The first-order valence-electron chi connectivity index (χ1n) is 6.41. The maximum atomic E-state index is 11.7. The molecule has 1 heterocycles. The van der Waals surface area contributed by atoms with Crippen molar-refractivity contribution in [3.05, 3.63) is 5.82 Å². The lowest BCUT2D eigenvalue weighted by atomic mass is 10.2. The monoisotopic (exact) mass is 300 g/mol. The van der Waals surface area contributed by atoms with E-state index >= 15 is 0 Å². The van der Waals surface area contributed by atoms with Gasteiger partial charge >= 0.3 is 5.97 Å². The van der Waals surface area contributed by atoms with Crippen LogP contribution in [-0.2, 0) is 16.1 Å². The molecule has 112 valence electrons. The van der Waals surface area contributed by atoms with E-state index in [1.807, 2.05) is 13.8 Å². The second-order valence-electron chi connectivity index (χ2n) is 4.81. The lowest BCUT2D eigenvalue weighted by molar-refractivity contribution is -0.134. The first-order valence-corrected chi connectivity index (χ1v) is 7.39. The average Bonchev–Trinajstić information content (AvgIpc) is 2.72. The van der Waals surface area contributed by atoms with Gasteiger partial charge in [0.15, 0.2) is 5.16 Å². The van der Waals surface area contributed by atoms with Crippen molar-refractivity contribution in [2.75, 3.05) is 12.3 Å². The molecule has 0 spiro atoms. The van der Waals surface area contributed by atoms with E-state index in [4.69, 9.17) is 5.11 Å². The molecule has 0 bridgehead atoms. The fraction of sp³-hybridized carbons (Fsp3) is 0.667. The largest absolute Gasteiger partial charge is 0.481 e. The molecule has 2 N–H and O–H groups in total. The summed E-state index contributed by atoms with van der Waals surface area (Å²) in [6.45, 7) is 6.95. The van der Waals surface area contributed by atoms with Crippen molar-refractivity contribution in [2.45, 2.75) is 38.9 Å². The number of nitrogens with one attached hydrogen (secondary N) is 1. The van der Waals surface area contributed by atoms with Crippen molar-refractivity contribution in [3.8, 4) is 0 Å². The molecular weight excluding hydrogens is 280 g/mol. The molecule has 0 aromatic carbocycles. The van der Waals surface area contributed by atoms with Crippen molar-refractivity contribution in [2.24, 2.45) is 5.92 Å². The highest BCUT2D eigenvalue weighted by Crippen LogP contribution is 2.16. The maximum Gasteiger partial charge on any atom is 0.313 e. The number of carbonyl (C=O) groups is 2. The number of thioether (sulfide) groups is 1. The minimum absolute atomic E-state index is 0.0269. The molecule has 0 fully saturated rings. The van der Waals surface area contributed by atoms with E-state index in [9.17, 15) is 9.59 Å². The van der Waals surface area contributed by atoms with E-state index in [1.165, 1.54) is 0 Å². The van der Waals surface area contributed by atoms with E-state index in [-0.39, 0.29) is 11.7 Å². The first-order chi connectivity index (χ1) is 9.40. The molecule has 0 aliphatic heterocycles. The van der Waals surface area contributed by atoms with Gasteiger partial charge in [-0.15, -0.1) is 10.2 Å². The molecule has 1 rings (SSSR count). The van der Waals surface area contributed by atoms with E-state index in [1.54, 1.807) is 11.5 Å². The van der Waals surface area contributed by atoms with Crippen LogP contribution in [-0.4, -0.2) is 44.0 Å². The summed E-state index contributed by atoms with van der Waals surface area (Å²) in [6.07, 6.45) is 0.326. The Bertz CT molecular complexity index is 473. The summed E-state index contributed by atoms with van der Waals surface area (Å²) in [6, 6.07) is 0. The Balaban J connectivity index is 2.52. The fourth-order valence-corrected chi connectivity index (χ4v) is 2.20. The number of aliphatic carboxylic acids is 1. The van der Waals surface area contributed by atoms with Gasteiger partial charge in [0.25, 0.3) is 0 Å². The SMILES string of the molecule is Cc1nnc(SCC(=O)O)n1CCC(=O)NCC(C)C. The summed E-state index contributed by atoms with van der Waals surface area (Å²) in [4.78, 5) is 22.2. The smallest absolute Gasteiger partial charge is 0.313 e. The Hall–Kier alpha value is -1.57. The summed E-state index contributed by atoms with van der Waals surface area (Å²) in [5, 5.41) is 19.9. The quantitative estimate of drug-likeness (QED) is 0.693. The highest BCUT2D eigenvalue weighted by molar-refractivity contribution is 7.99. The van der Waals surface area contributed by atoms with Crippen molar-refractivity contribution >= 4 is 23.6 Å². The van der Waals surface area contributed by atoms with Crippen LogP contribution in [0.1, 0.15) is 26.1 Å². The number of aromatic nitrogens is 3. The number of hydrogen-bond acceptors (Lipinski definition) is 5. The van der Waals surface area contributed by atoms with Crippen LogP contribution in [0.4, 0.5) is 0 Å². The molecule has 1 aromatic rings. The molecule has 20 heavy (non-hydrogen) atoms. The van der Waals surface area contributed by atoms with Crippen LogP contribution in [0, 0.1) is 12.8 Å². The van der Waals surface area contributed by atoms with Gasteiger partial charge in [-0.25, -0.2) is 0 Å². The highest BCUT2D eigenvalue weighted by Gasteiger charge is 2.12. The zero-order valence-electron chi connectivity index (χ0n) is 11.9. The summed E-state index contributed by atoms with van der Waals surface area (Å²) >= 11 is 1.10. The van der Waals surface area contributed by atoms with Gasteiger partial charge in [0, 0.05) is 19.5 Å². The molecular formula is C12H20N4O3S. The van der Waals surface area contributed by atoms with Crippen LogP contribution in [0.5, 0.6) is 0 Å². The molecule has 0 aliphatic carbocycles. The topological polar surface area (TPSA) is 97.1 Å². The Kier molecular flexibility index (Phi) is 6.50. The van der Waals surface area contributed by atoms with E-state index in [2.05, 4.69) is 15.5 Å². The zero-order valence-corrected chi connectivity index (χ0v) is 12.7. The standard InChI is InChI=1S/C12H20N4O3S/c1-8(2)6-13-10(17)4-5-16-9(3)14-15-12(16)20-7-11(18)19/h8H,4-7H2,1-3H3,(H,13,17)(H,18,19). The van der Waals surface area contributed by atoms with Crippen molar-refractivity contribution in [3.63, 3.8) is 0 Å². The normalized spacial score (nSPS) is 10.8. The van der Waals surface area contributed by atoms with Crippen molar-refractivity contribution < 1.29 is 14.7 Å². The number of carboxylic acid groups (broad SMARTS) is 1. The van der Waals surface area contributed by atoms with Gasteiger partial charge in [0.2, 0.25) is 5.91 Å². The first kappa shape index (κ1) is 16.5. The zero-order chi connectivity index (χ0) is 15.1. The maximum absolute atomic E-state index is 11.7. The number of amides is 1. The van der Waals surface area contributed by atoms with Crippen LogP contribution in [0.2, 0.25) is 0 Å². The second kappa shape index (κ2) is 7.88. The minimum Gasteiger partial charge on any atom is -0.481 e. The van der Waals surface area contributed by atoms with Crippen molar-refractivity contribution in [1.82, 2.24) is 20.1 Å². The fourth-order valence-electron chi connectivity index (χ4n) is 1.47. The predicted molar refractivity (Wildman–Crippen MR) is 75.6 cm³/mol. The number of nitrogens with zero attached hydrogens (tertiary/aromatic N) is 3. The van der Waals surface area contributed by atoms with Crippen LogP contribution in [0.3, 0.4) is 0 Å². The van der Waals surface area contributed by atoms with Gasteiger partial charge < -0.3 is 15.0 Å². The lowest BCUT2D eigenvalue weighted by Gasteiger charge is -2.09. The van der Waals surface area contributed by atoms with E-state index in [0.717, 1.165) is 11.8 Å². The Labute approximate surface area is 122 Å². The van der Waals surface area contributed by atoms with E-state index in [0.29, 0.717) is 36.4 Å². The summed E-state index contributed by atoms with van der Waals surface area (Å²) in [5.41, 5.74) is 0. The van der Waals surface area contributed by atoms with Crippen LogP contribution >= 0.6 is 11.8 Å². The molecule has 0 radical (unpaired) electrons. The Morgan fingerprint density at radius 2 is 2.10 bits per heavy atom. The third-order valence-electron chi connectivity index (χ3n) is 2.50. The third-order valence-corrected chi connectivity index (χ3v) is 3.45.